The summed E-state index contributed by atoms with van der Waals surface area (Å²) in [4.78, 5) is 34.1. The SMILES string of the molecule is CC(C)(C)OC(=O)N(CC1(CN)CC1)[C@H]1CC1c1ccccc1.CN(C)CC1(CN(C(=O)OC(C)(C)C)[C@H]2CC2c2ccccc2)CC1.CN(C)CC1(CN[C@H]2CC2c2ccccc2)CC1. The van der Waals surface area contributed by atoms with Gasteiger partial charge in [0, 0.05) is 79.4 Å². The van der Waals surface area contributed by atoms with Gasteiger partial charge in [-0.15, -0.1) is 0 Å². The second-order valence-corrected chi connectivity index (χ2v) is 23.8. The third-order valence-corrected chi connectivity index (χ3v) is 14.4. The maximum atomic E-state index is 12.9. The van der Waals surface area contributed by atoms with Crippen molar-refractivity contribution in [2.75, 3.05) is 67.5 Å². The Labute approximate surface area is 398 Å². The van der Waals surface area contributed by atoms with E-state index in [0.29, 0.717) is 23.8 Å². The van der Waals surface area contributed by atoms with E-state index >= 15 is 0 Å². The maximum absolute atomic E-state index is 12.9. The fourth-order valence-electron chi connectivity index (χ4n) is 10.1. The van der Waals surface area contributed by atoms with E-state index in [1.54, 1.807) is 0 Å². The highest BCUT2D eigenvalue weighted by molar-refractivity contribution is 5.70. The summed E-state index contributed by atoms with van der Waals surface area (Å²) in [7, 11) is 8.59. The second-order valence-electron chi connectivity index (χ2n) is 23.8. The summed E-state index contributed by atoms with van der Waals surface area (Å²) >= 11 is 0. The molecular formula is C56H84N6O4. The maximum Gasteiger partial charge on any atom is 0.410 e. The predicted octanol–water partition coefficient (Wildman–Crippen LogP) is 10.1. The van der Waals surface area contributed by atoms with Crippen LogP contribution in [0.3, 0.4) is 0 Å². The van der Waals surface area contributed by atoms with Gasteiger partial charge in [0.15, 0.2) is 0 Å². The van der Waals surface area contributed by atoms with Gasteiger partial charge in [-0.3, -0.25) is 0 Å². The Morgan fingerprint density at radius 2 is 0.909 bits per heavy atom. The van der Waals surface area contributed by atoms with Crippen molar-refractivity contribution in [1.82, 2.24) is 24.9 Å². The average Bonchev–Trinajstić information content (AvgIpc) is 4.02. The second kappa shape index (κ2) is 20.3. The third kappa shape index (κ3) is 14.5. The van der Waals surface area contributed by atoms with Gasteiger partial charge in [-0.05, 0) is 156 Å². The molecule has 10 nitrogen and oxygen atoms in total. The van der Waals surface area contributed by atoms with Gasteiger partial charge in [-0.1, -0.05) is 91.0 Å². The van der Waals surface area contributed by atoms with Crippen LogP contribution in [-0.4, -0.2) is 129 Å². The first kappa shape index (κ1) is 49.9. The number of carbonyl (C=O) groups is 2. The summed E-state index contributed by atoms with van der Waals surface area (Å²) in [6, 6.07) is 33.2. The van der Waals surface area contributed by atoms with Crippen LogP contribution in [0.25, 0.3) is 0 Å². The molecule has 0 spiro atoms. The molecule has 6 fully saturated rings. The van der Waals surface area contributed by atoms with E-state index < -0.39 is 11.2 Å². The van der Waals surface area contributed by atoms with Crippen molar-refractivity contribution in [2.24, 2.45) is 22.0 Å². The number of amides is 2. The van der Waals surface area contributed by atoms with Crippen molar-refractivity contribution in [1.29, 1.82) is 0 Å². The number of ether oxygens (including phenoxy) is 2. The molecular weight excluding hydrogens is 821 g/mol. The van der Waals surface area contributed by atoms with Crippen LogP contribution in [0.15, 0.2) is 91.0 Å². The number of hydrogen-bond acceptors (Lipinski definition) is 8. The highest BCUT2D eigenvalue weighted by Crippen LogP contribution is 2.53. The van der Waals surface area contributed by atoms with Crippen LogP contribution in [-0.2, 0) is 9.47 Å². The lowest BCUT2D eigenvalue weighted by molar-refractivity contribution is 0.0172. The number of benzene rings is 3. The molecule has 3 unspecified atom stereocenters. The minimum Gasteiger partial charge on any atom is -0.444 e. The van der Waals surface area contributed by atoms with Crippen LogP contribution in [0.4, 0.5) is 9.59 Å². The molecule has 3 aromatic rings. The van der Waals surface area contributed by atoms with Crippen molar-refractivity contribution < 1.29 is 19.1 Å². The van der Waals surface area contributed by atoms with Gasteiger partial charge in [0.25, 0.3) is 0 Å². The van der Waals surface area contributed by atoms with Gasteiger partial charge in [0.05, 0.1) is 0 Å². The van der Waals surface area contributed by atoms with E-state index in [2.05, 4.69) is 122 Å². The van der Waals surface area contributed by atoms with Gasteiger partial charge in [0.1, 0.15) is 11.2 Å². The number of carbonyl (C=O) groups excluding carboxylic acids is 2. The Hall–Kier alpha value is -3.96. The van der Waals surface area contributed by atoms with Crippen molar-refractivity contribution in [3.8, 4) is 0 Å². The molecule has 0 radical (unpaired) electrons. The lowest BCUT2D eigenvalue weighted by Crippen LogP contribution is -2.44. The minimum atomic E-state index is -0.466. The highest BCUT2D eigenvalue weighted by Gasteiger charge is 2.53. The molecule has 2 amide bonds. The van der Waals surface area contributed by atoms with Gasteiger partial charge < -0.3 is 40.1 Å². The number of rotatable bonds is 17. The summed E-state index contributed by atoms with van der Waals surface area (Å²) in [6.45, 7) is 17.3. The third-order valence-electron chi connectivity index (χ3n) is 14.4. The monoisotopic (exact) mass is 905 g/mol. The molecule has 0 aliphatic heterocycles. The Morgan fingerprint density at radius 1 is 0.545 bits per heavy atom. The molecule has 66 heavy (non-hydrogen) atoms. The van der Waals surface area contributed by atoms with E-state index in [1.807, 2.05) is 63.5 Å². The summed E-state index contributed by atoms with van der Waals surface area (Å²) in [6.07, 6.45) is 10.5. The van der Waals surface area contributed by atoms with Crippen molar-refractivity contribution >= 4 is 12.2 Å². The van der Waals surface area contributed by atoms with Gasteiger partial charge in [-0.2, -0.15) is 0 Å². The van der Waals surface area contributed by atoms with Crippen LogP contribution in [0.5, 0.6) is 0 Å². The van der Waals surface area contributed by atoms with E-state index in [0.717, 1.165) is 57.3 Å². The lowest BCUT2D eigenvalue weighted by atomic mass is 10.1. The summed E-state index contributed by atoms with van der Waals surface area (Å²) in [5.41, 5.74) is 10.1. The van der Waals surface area contributed by atoms with Crippen LogP contribution in [0.1, 0.15) is 134 Å². The topological polar surface area (TPSA) is 104 Å². The molecule has 6 atom stereocenters. The van der Waals surface area contributed by atoms with Crippen molar-refractivity contribution in [3.63, 3.8) is 0 Å². The number of hydrogen-bond donors (Lipinski definition) is 2. The molecule has 0 bridgehead atoms. The lowest BCUT2D eigenvalue weighted by Gasteiger charge is -2.32. The van der Waals surface area contributed by atoms with E-state index in [4.69, 9.17) is 15.2 Å². The molecule has 0 heterocycles. The molecule has 3 aromatic carbocycles. The van der Waals surface area contributed by atoms with E-state index in [-0.39, 0.29) is 35.1 Å². The summed E-state index contributed by atoms with van der Waals surface area (Å²) in [5.74, 6) is 1.64. The summed E-state index contributed by atoms with van der Waals surface area (Å²) < 4.78 is 11.4. The fourth-order valence-corrected chi connectivity index (χ4v) is 10.1. The van der Waals surface area contributed by atoms with Crippen LogP contribution < -0.4 is 11.1 Å². The Bertz CT molecular complexity index is 2020. The largest absolute Gasteiger partial charge is 0.444 e. The zero-order chi connectivity index (χ0) is 47.5. The van der Waals surface area contributed by atoms with Gasteiger partial charge in [0.2, 0.25) is 0 Å². The highest BCUT2D eigenvalue weighted by atomic mass is 16.6. The fraction of sp³-hybridized carbons (Fsp3) is 0.643. The first-order valence-corrected chi connectivity index (χ1v) is 25.1. The number of nitrogens with one attached hydrogen (secondary N) is 1. The van der Waals surface area contributed by atoms with Crippen molar-refractivity contribution in [3.05, 3.63) is 108 Å². The molecule has 0 saturated heterocycles. The standard InChI is InChI=1S/C21H32N2O2.C19H28N2O2.C16H24N2/c1-20(2,3)25-19(24)23(15-21(11-12-21)14-22(4)5)18-13-17(18)16-9-7-6-8-10-16;1-18(2,3)23-17(22)21(13-19(12-20)9-10-19)16-11-15(16)14-7-5-4-6-8-14;1-18(2)12-16(8-9-16)11-17-15-10-14(15)13-6-4-3-5-7-13/h6-10,17-18H,11-15H2,1-5H3;4-8,15-16H,9-13,20H2,1-3H3;3-7,14-15,17H,8-12H2,1-2H3/t17?,18-;15?,16-;14?,15-/m000/s1. The Balaban J connectivity index is 0.000000149. The van der Waals surface area contributed by atoms with Crippen LogP contribution in [0, 0.1) is 16.2 Å². The Kier molecular flexibility index (Phi) is 15.4. The van der Waals surface area contributed by atoms with Crippen LogP contribution >= 0.6 is 0 Å². The first-order valence-electron chi connectivity index (χ1n) is 25.1. The molecule has 362 valence electrons. The number of nitrogens with two attached hydrogens (primary N) is 1. The Morgan fingerprint density at radius 3 is 1.26 bits per heavy atom. The van der Waals surface area contributed by atoms with E-state index in [9.17, 15) is 9.59 Å². The molecule has 10 heteroatoms. The predicted molar refractivity (Wildman–Crippen MR) is 268 cm³/mol. The minimum absolute atomic E-state index is 0.126. The van der Waals surface area contributed by atoms with Crippen molar-refractivity contribution in [2.45, 2.75) is 146 Å². The van der Waals surface area contributed by atoms with E-state index in [1.165, 1.54) is 61.9 Å². The number of nitrogens with zero attached hydrogens (tertiary/aromatic N) is 4. The molecule has 6 aliphatic rings. The smallest absolute Gasteiger partial charge is 0.410 e. The van der Waals surface area contributed by atoms with Gasteiger partial charge >= 0.3 is 12.2 Å². The first-order chi connectivity index (χ1) is 31.2. The zero-order valence-corrected chi connectivity index (χ0v) is 42.2. The molecule has 6 aliphatic carbocycles. The zero-order valence-electron chi connectivity index (χ0n) is 42.2. The van der Waals surface area contributed by atoms with Crippen LogP contribution in [0.2, 0.25) is 0 Å². The summed E-state index contributed by atoms with van der Waals surface area (Å²) in [5, 5.41) is 3.79. The average molecular weight is 905 g/mol. The van der Waals surface area contributed by atoms with Gasteiger partial charge in [-0.25, -0.2) is 9.59 Å². The molecule has 0 aromatic heterocycles. The quantitative estimate of drug-likeness (QED) is 0.138. The molecule has 9 rings (SSSR count). The molecule has 6 saturated carbocycles. The molecule has 3 N–H and O–H groups in total. The normalized spacial score (nSPS) is 25.5.